The van der Waals surface area contributed by atoms with E-state index in [1.165, 1.54) is 12.1 Å². The normalized spacial score (nSPS) is 21.2. The van der Waals surface area contributed by atoms with Gasteiger partial charge >= 0.3 is 0 Å². The molecule has 0 saturated heterocycles. The number of nitrogens with zero attached hydrogens (tertiary/aromatic N) is 1. The molecule has 1 atom stereocenters. The molecule has 2 aliphatic rings. The zero-order valence-electron chi connectivity index (χ0n) is 15.6. The van der Waals surface area contributed by atoms with E-state index in [-0.39, 0.29) is 28.5 Å². The number of carbonyl (C=O) groups is 1. The summed E-state index contributed by atoms with van der Waals surface area (Å²) in [6.45, 7) is 3.98. The van der Waals surface area contributed by atoms with Gasteiger partial charge in [-0.25, -0.2) is 4.39 Å². The van der Waals surface area contributed by atoms with E-state index in [2.05, 4.69) is 6.07 Å². The number of benzene rings is 1. The zero-order chi connectivity index (χ0) is 20.1. The first-order chi connectivity index (χ1) is 13.3. The molecule has 0 fully saturated rings. The van der Waals surface area contributed by atoms with Crippen LogP contribution in [0.2, 0.25) is 0 Å². The highest BCUT2D eigenvalue weighted by molar-refractivity contribution is 5.99. The van der Waals surface area contributed by atoms with E-state index < -0.39 is 5.92 Å². The number of nitrogens with two attached hydrogens (primary N) is 1. The molecule has 5 nitrogen and oxygen atoms in total. The lowest BCUT2D eigenvalue weighted by atomic mass is 9.71. The molecule has 0 saturated carbocycles. The number of halogens is 1. The van der Waals surface area contributed by atoms with Crippen LogP contribution in [0.25, 0.3) is 11.3 Å². The lowest BCUT2D eigenvalue weighted by molar-refractivity contribution is -0.119. The number of hydrogen-bond acceptors (Lipinski definition) is 5. The third kappa shape index (κ3) is 2.99. The molecule has 0 bridgehead atoms. The fraction of sp³-hybridized carbons (Fsp3) is 0.273. The van der Waals surface area contributed by atoms with Crippen LogP contribution in [-0.2, 0) is 9.53 Å². The van der Waals surface area contributed by atoms with Gasteiger partial charge < -0.3 is 14.9 Å². The highest BCUT2D eigenvalue weighted by Crippen LogP contribution is 2.48. The molecule has 1 aromatic carbocycles. The van der Waals surface area contributed by atoms with Crippen molar-refractivity contribution in [2.75, 3.05) is 0 Å². The summed E-state index contributed by atoms with van der Waals surface area (Å²) < 4.78 is 24.8. The Labute approximate surface area is 161 Å². The van der Waals surface area contributed by atoms with Crippen LogP contribution in [0.5, 0.6) is 0 Å². The molecule has 142 valence electrons. The summed E-state index contributed by atoms with van der Waals surface area (Å²) >= 11 is 0. The van der Waals surface area contributed by atoms with E-state index in [1.807, 2.05) is 13.8 Å². The first kappa shape index (κ1) is 18.1. The van der Waals surface area contributed by atoms with Crippen molar-refractivity contribution in [1.29, 1.82) is 5.26 Å². The molecule has 4 rings (SSSR count). The fourth-order valence-electron chi connectivity index (χ4n) is 3.85. The highest BCUT2D eigenvalue weighted by atomic mass is 19.1. The van der Waals surface area contributed by atoms with Crippen molar-refractivity contribution < 1.29 is 18.3 Å². The third-order valence-corrected chi connectivity index (χ3v) is 5.12. The number of Topliss-reactive ketones (excluding diaryl/α,β-unsaturated/α-hetero) is 1. The molecule has 0 spiro atoms. The second kappa shape index (κ2) is 6.38. The summed E-state index contributed by atoms with van der Waals surface area (Å²) in [7, 11) is 0. The van der Waals surface area contributed by atoms with Crippen molar-refractivity contribution in [3.63, 3.8) is 0 Å². The van der Waals surface area contributed by atoms with Gasteiger partial charge in [0, 0.05) is 24.0 Å². The average molecular weight is 378 g/mol. The summed E-state index contributed by atoms with van der Waals surface area (Å²) in [4.78, 5) is 12.9. The fourth-order valence-corrected chi connectivity index (χ4v) is 3.85. The second-order valence-corrected chi connectivity index (χ2v) is 7.91. The number of allylic oxidation sites excluding steroid dienone is 3. The van der Waals surface area contributed by atoms with Crippen LogP contribution >= 0.6 is 0 Å². The number of nitriles is 1. The van der Waals surface area contributed by atoms with E-state index in [4.69, 9.17) is 14.9 Å². The van der Waals surface area contributed by atoms with Gasteiger partial charge in [0.05, 0.1) is 5.92 Å². The summed E-state index contributed by atoms with van der Waals surface area (Å²) in [5, 5.41) is 9.64. The lowest BCUT2D eigenvalue weighted by Crippen LogP contribution is -2.33. The molecule has 2 heterocycles. The van der Waals surface area contributed by atoms with Crippen molar-refractivity contribution in [2.45, 2.75) is 32.6 Å². The van der Waals surface area contributed by atoms with E-state index >= 15 is 0 Å². The maximum Gasteiger partial charge on any atom is 0.205 e. The van der Waals surface area contributed by atoms with Crippen LogP contribution in [0.3, 0.4) is 0 Å². The standard InChI is InChI=1S/C22H19FN2O3/c1-22(2)9-15(26)20-18(10-22)28-21(25)14(11-24)19(20)17-8-7-16(27-17)12-3-5-13(23)6-4-12/h3-8,19H,9-10,25H2,1-2H3. The van der Waals surface area contributed by atoms with Crippen molar-refractivity contribution in [3.8, 4) is 17.4 Å². The van der Waals surface area contributed by atoms with Crippen LogP contribution in [0, 0.1) is 22.6 Å². The molecule has 28 heavy (non-hydrogen) atoms. The Kier molecular flexibility index (Phi) is 4.11. The molecule has 0 radical (unpaired) electrons. The van der Waals surface area contributed by atoms with Gasteiger partial charge in [0.2, 0.25) is 5.88 Å². The molecule has 0 amide bonds. The summed E-state index contributed by atoms with van der Waals surface area (Å²) in [6, 6.07) is 11.4. The quantitative estimate of drug-likeness (QED) is 0.829. The Balaban J connectivity index is 1.81. The second-order valence-electron chi connectivity index (χ2n) is 7.91. The van der Waals surface area contributed by atoms with Gasteiger partial charge in [-0.05, 0) is 41.8 Å². The number of carbonyl (C=O) groups excluding carboxylic acids is 1. The molecule has 1 aliphatic heterocycles. The molecule has 6 heteroatoms. The summed E-state index contributed by atoms with van der Waals surface area (Å²) in [6.07, 6.45) is 0.908. The Hall–Kier alpha value is -3.33. The van der Waals surface area contributed by atoms with E-state index in [9.17, 15) is 14.4 Å². The number of rotatable bonds is 2. The van der Waals surface area contributed by atoms with E-state index in [0.717, 1.165) is 0 Å². The van der Waals surface area contributed by atoms with Gasteiger partial charge in [-0.2, -0.15) is 5.26 Å². The zero-order valence-corrected chi connectivity index (χ0v) is 15.6. The monoisotopic (exact) mass is 378 g/mol. The van der Waals surface area contributed by atoms with E-state index in [0.29, 0.717) is 41.3 Å². The first-order valence-electron chi connectivity index (χ1n) is 8.98. The van der Waals surface area contributed by atoms with Crippen molar-refractivity contribution >= 4 is 5.78 Å². The molecule has 1 aromatic heterocycles. The maximum atomic E-state index is 13.2. The Morgan fingerprint density at radius 2 is 1.89 bits per heavy atom. The lowest BCUT2D eigenvalue weighted by Gasteiger charge is -2.36. The van der Waals surface area contributed by atoms with Gasteiger partial charge in [-0.15, -0.1) is 0 Å². The molecule has 2 N–H and O–H groups in total. The molecule has 2 aromatic rings. The first-order valence-corrected chi connectivity index (χ1v) is 8.98. The topological polar surface area (TPSA) is 89.2 Å². The Bertz CT molecular complexity index is 1070. The maximum absolute atomic E-state index is 13.2. The van der Waals surface area contributed by atoms with Crippen LogP contribution < -0.4 is 5.73 Å². The Morgan fingerprint density at radius 1 is 1.18 bits per heavy atom. The van der Waals surface area contributed by atoms with Crippen molar-refractivity contribution in [2.24, 2.45) is 11.1 Å². The molecule has 1 aliphatic carbocycles. The van der Waals surface area contributed by atoms with Crippen LogP contribution in [0.15, 0.2) is 63.6 Å². The predicted molar refractivity (Wildman–Crippen MR) is 99.8 cm³/mol. The van der Waals surface area contributed by atoms with Gasteiger partial charge in [0.1, 0.15) is 34.7 Å². The van der Waals surface area contributed by atoms with Crippen molar-refractivity contribution in [1.82, 2.24) is 0 Å². The van der Waals surface area contributed by atoms with Gasteiger partial charge in [0.25, 0.3) is 0 Å². The van der Waals surface area contributed by atoms with Gasteiger partial charge in [-0.1, -0.05) is 13.8 Å². The van der Waals surface area contributed by atoms with Gasteiger partial charge in [-0.3, -0.25) is 4.79 Å². The summed E-state index contributed by atoms with van der Waals surface area (Å²) in [5.74, 6) is 0.333. The molecular formula is C22H19FN2O3. The van der Waals surface area contributed by atoms with Crippen LogP contribution in [0.4, 0.5) is 4.39 Å². The number of furan rings is 1. The van der Waals surface area contributed by atoms with Crippen molar-refractivity contribution in [3.05, 3.63) is 70.8 Å². The number of ether oxygens (including phenoxy) is 1. The summed E-state index contributed by atoms with van der Waals surface area (Å²) in [5.41, 5.74) is 7.05. The minimum Gasteiger partial charge on any atom is -0.460 e. The third-order valence-electron chi connectivity index (χ3n) is 5.12. The minimum atomic E-state index is -0.702. The Morgan fingerprint density at radius 3 is 2.57 bits per heavy atom. The smallest absolute Gasteiger partial charge is 0.205 e. The minimum absolute atomic E-state index is 0.00326. The molecular weight excluding hydrogens is 359 g/mol. The largest absolute Gasteiger partial charge is 0.460 e. The SMILES string of the molecule is CC1(C)CC(=O)C2=C(C1)OC(N)=C(C#N)C2c1ccc(-c2ccc(F)cc2)o1. The van der Waals surface area contributed by atoms with E-state index in [1.54, 1.807) is 24.3 Å². The number of hydrogen-bond donors (Lipinski definition) is 1. The number of ketones is 1. The van der Waals surface area contributed by atoms with Crippen LogP contribution in [0.1, 0.15) is 38.4 Å². The van der Waals surface area contributed by atoms with Gasteiger partial charge in [0.15, 0.2) is 5.78 Å². The molecule has 1 unspecified atom stereocenters. The van der Waals surface area contributed by atoms with Crippen LogP contribution in [-0.4, -0.2) is 5.78 Å². The average Bonchev–Trinajstić information content (AvgIpc) is 3.09. The highest BCUT2D eigenvalue weighted by Gasteiger charge is 2.44. The predicted octanol–water partition coefficient (Wildman–Crippen LogP) is 4.54.